The number of H-pyrrole nitrogens is 1. The molecule has 1 fully saturated rings. The van der Waals surface area contributed by atoms with Crippen LogP contribution in [0.5, 0.6) is 0 Å². The largest absolute Gasteiger partial charge is 0.356 e. The minimum absolute atomic E-state index is 0.107. The predicted octanol–water partition coefficient (Wildman–Crippen LogP) is 3.15. The van der Waals surface area contributed by atoms with Crippen LogP contribution in [0.2, 0.25) is 10.0 Å². The van der Waals surface area contributed by atoms with Crippen LogP contribution >= 0.6 is 23.2 Å². The van der Waals surface area contributed by atoms with E-state index in [0.29, 0.717) is 40.3 Å². The number of amides is 3. The second-order valence-electron chi connectivity index (χ2n) is 8.39. The first-order valence-corrected chi connectivity index (χ1v) is 11.2. The van der Waals surface area contributed by atoms with Crippen molar-refractivity contribution in [2.24, 2.45) is 11.8 Å². The third kappa shape index (κ3) is 5.72. The number of aromatic nitrogens is 1. The van der Waals surface area contributed by atoms with Gasteiger partial charge in [-0.1, -0.05) is 37.0 Å². The lowest BCUT2D eigenvalue weighted by molar-refractivity contribution is -0.125. The Hall–Kier alpha value is -2.76. The number of aromatic amines is 1. The van der Waals surface area contributed by atoms with Gasteiger partial charge in [-0.25, -0.2) is 0 Å². The molecular formula is C22H25Cl2N5O3. The second-order valence-corrected chi connectivity index (χ2v) is 9.24. The van der Waals surface area contributed by atoms with Crippen molar-refractivity contribution in [3.05, 3.63) is 33.9 Å². The SMILES string of the molecule is CC(C)C[C@H](NC(=O)c1cc2cc(Cl)cc(Cl)c2[nH]1)C(=O)N[C@H](C#N)C[C@@H]1CCNC1=O. The van der Waals surface area contributed by atoms with Gasteiger partial charge in [-0.05, 0) is 43.4 Å². The van der Waals surface area contributed by atoms with Gasteiger partial charge in [-0.2, -0.15) is 5.26 Å². The zero-order valence-corrected chi connectivity index (χ0v) is 19.3. The lowest BCUT2D eigenvalue weighted by Gasteiger charge is -2.22. The van der Waals surface area contributed by atoms with Gasteiger partial charge in [-0.15, -0.1) is 0 Å². The van der Waals surface area contributed by atoms with E-state index < -0.39 is 23.9 Å². The molecule has 0 bridgehead atoms. The molecule has 3 amide bonds. The summed E-state index contributed by atoms with van der Waals surface area (Å²) in [6, 6.07) is 5.25. The highest BCUT2D eigenvalue weighted by Gasteiger charge is 2.30. The van der Waals surface area contributed by atoms with Crippen LogP contribution in [-0.2, 0) is 9.59 Å². The van der Waals surface area contributed by atoms with Crippen molar-refractivity contribution in [1.82, 2.24) is 20.9 Å². The topological polar surface area (TPSA) is 127 Å². The van der Waals surface area contributed by atoms with E-state index in [0.717, 1.165) is 0 Å². The Kier molecular flexibility index (Phi) is 7.64. The van der Waals surface area contributed by atoms with Gasteiger partial charge in [0.1, 0.15) is 17.8 Å². The number of fused-ring (bicyclic) bond motifs is 1. The number of benzene rings is 1. The molecule has 0 saturated carbocycles. The second kappa shape index (κ2) is 10.2. The van der Waals surface area contributed by atoms with Crippen LogP contribution < -0.4 is 16.0 Å². The zero-order chi connectivity index (χ0) is 23.4. The number of carbonyl (C=O) groups is 3. The summed E-state index contributed by atoms with van der Waals surface area (Å²) in [7, 11) is 0. The summed E-state index contributed by atoms with van der Waals surface area (Å²) in [5.41, 5.74) is 0.815. The van der Waals surface area contributed by atoms with E-state index in [-0.39, 0.29) is 29.9 Å². The van der Waals surface area contributed by atoms with Crippen molar-refractivity contribution >= 4 is 51.8 Å². The number of rotatable bonds is 8. The first-order chi connectivity index (χ1) is 15.2. The molecule has 1 aliphatic rings. The van der Waals surface area contributed by atoms with Crippen LogP contribution in [0.25, 0.3) is 10.9 Å². The summed E-state index contributed by atoms with van der Waals surface area (Å²) in [6.45, 7) is 4.44. The van der Waals surface area contributed by atoms with Crippen molar-refractivity contribution in [2.75, 3.05) is 6.54 Å². The summed E-state index contributed by atoms with van der Waals surface area (Å²) in [5, 5.41) is 19.1. The van der Waals surface area contributed by atoms with Crippen molar-refractivity contribution in [3.63, 3.8) is 0 Å². The third-order valence-corrected chi connectivity index (χ3v) is 5.89. The van der Waals surface area contributed by atoms with Gasteiger partial charge >= 0.3 is 0 Å². The minimum atomic E-state index is -0.846. The van der Waals surface area contributed by atoms with Crippen LogP contribution in [0.15, 0.2) is 18.2 Å². The number of nitrogens with one attached hydrogen (secondary N) is 4. The molecule has 0 radical (unpaired) electrons. The van der Waals surface area contributed by atoms with Gasteiger partial charge in [0.15, 0.2) is 0 Å². The Morgan fingerprint density at radius 2 is 2.00 bits per heavy atom. The van der Waals surface area contributed by atoms with Crippen molar-refractivity contribution in [2.45, 2.75) is 45.2 Å². The summed E-state index contributed by atoms with van der Waals surface area (Å²) < 4.78 is 0. The van der Waals surface area contributed by atoms with E-state index in [1.807, 2.05) is 19.9 Å². The van der Waals surface area contributed by atoms with E-state index in [1.54, 1.807) is 18.2 Å². The van der Waals surface area contributed by atoms with Gasteiger partial charge < -0.3 is 20.9 Å². The number of halogens is 2. The van der Waals surface area contributed by atoms with E-state index in [2.05, 4.69) is 20.9 Å². The Bertz CT molecular complexity index is 1080. The molecule has 0 aliphatic carbocycles. The molecule has 3 rings (SSSR count). The Morgan fingerprint density at radius 3 is 2.62 bits per heavy atom. The molecule has 3 atom stereocenters. The fourth-order valence-corrected chi connectivity index (χ4v) is 4.35. The van der Waals surface area contributed by atoms with Crippen LogP contribution in [0, 0.1) is 23.2 Å². The van der Waals surface area contributed by atoms with Gasteiger partial charge in [-0.3, -0.25) is 14.4 Å². The van der Waals surface area contributed by atoms with E-state index in [9.17, 15) is 19.6 Å². The quantitative estimate of drug-likeness (QED) is 0.465. The highest BCUT2D eigenvalue weighted by molar-refractivity contribution is 6.38. The van der Waals surface area contributed by atoms with Gasteiger partial charge in [0, 0.05) is 22.9 Å². The molecule has 0 spiro atoms. The molecule has 10 heteroatoms. The Labute approximate surface area is 196 Å². The number of nitriles is 1. The Morgan fingerprint density at radius 1 is 1.25 bits per heavy atom. The van der Waals surface area contributed by atoms with Gasteiger partial charge in [0.25, 0.3) is 5.91 Å². The number of hydrogen-bond acceptors (Lipinski definition) is 4. The summed E-state index contributed by atoms with van der Waals surface area (Å²) >= 11 is 12.2. The fourth-order valence-electron chi connectivity index (χ4n) is 3.80. The lowest BCUT2D eigenvalue weighted by Crippen LogP contribution is -2.50. The smallest absolute Gasteiger partial charge is 0.268 e. The Balaban J connectivity index is 1.72. The van der Waals surface area contributed by atoms with Crippen molar-refractivity contribution in [1.29, 1.82) is 5.26 Å². The monoisotopic (exact) mass is 477 g/mol. The molecule has 0 unspecified atom stereocenters. The maximum Gasteiger partial charge on any atom is 0.268 e. The average Bonchev–Trinajstić information content (AvgIpc) is 3.32. The molecule has 2 aromatic rings. The molecule has 1 aliphatic heterocycles. The van der Waals surface area contributed by atoms with E-state index in [1.165, 1.54) is 0 Å². The molecular weight excluding hydrogens is 453 g/mol. The van der Waals surface area contributed by atoms with Gasteiger partial charge in [0.05, 0.1) is 16.6 Å². The predicted molar refractivity (Wildman–Crippen MR) is 122 cm³/mol. The molecule has 32 heavy (non-hydrogen) atoms. The number of carbonyl (C=O) groups excluding carboxylic acids is 3. The third-order valence-electron chi connectivity index (χ3n) is 5.37. The lowest BCUT2D eigenvalue weighted by atomic mass is 9.98. The summed E-state index contributed by atoms with van der Waals surface area (Å²) in [6.07, 6.45) is 1.25. The molecule has 1 aromatic heterocycles. The standard InChI is InChI=1S/C22H25Cl2N5O3/c1-11(2)5-17(21(31)27-15(10-25)7-12-3-4-26-20(12)30)29-22(32)18-8-13-6-14(23)9-16(24)19(13)28-18/h6,8-9,11-12,15,17,28H,3-5,7H2,1-2H3,(H,26,30)(H,27,31)(H,29,32)/t12-,15-,17-/m0/s1. The van der Waals surface area contributed by atoms with Crippen LogP contribution in [-0.4, -0.2) is 41.3 Å². The molecule has 1 aromatic carbocycles. The van der Waals surface area contributed by atoms with Gasteiger partial charge in [0.2, 0.25) is 11.8 Å². The zero-order valence-electron chi connectivity index (χ0n) is 17.8. The minimum Gasteiger partial charge on any atom is -0.356 e. The molecule has 4 N–H and O–H groups in total. The first kappa shape index (κ1) is 23.9. The van der Waals surface area contributed by atoms with Crippen molar-refractivity contribution < 1.29 is 14.4 Å². The molecule has 2 heterocycles. The number of hydrogen-bond donors (Lipinski definition) is 4. The fraction of sp³-hybridized carbons (Fsp3) is 0.455. The van der Waals surface area contributed by atoms with Crippen LogP contribution in [0.3, 0.4) is 0 Å². The van der Waals surface area contributed by atoms with E-state index >= 15 is 0 Å². The maximum absolute atomic E-state index is 12.9. The summed E-state index contributed by atoms with van der Waals surface area (Å²) in [5.74, 6) is -1.24. The van der Waals surface area contributed by atoms with E-state index in [4.69, 9.17) is 23.2 Å². The van der Waals surface area contributed by atoms with Crippen LogP contribution in [0.1, 0.15) is 43.6 Å². The van der Waals surface area contributed by atoms with Crippen molar-refractivity contribution in [3.8, 4) is 6.07 Å². The highest BCUT2D eigenvalue weighted by atomic mass is 35.5. The van der Waals surface area contributed by atoms with Crippen LogP contribution in [0.4, 0.5) is 0 Å². The maximum atomic E-state index is 12.9. The normalized spacial score (nSPS) is 17.6. The molecule has 8 nitrogen and oxygen atoms in total. The first-order valence-electron chi connectivity index (χ1n) is 10.4. The molecule has 1 saturated heterocycles. The summed E-state index contributed by atoms with van der Waals surface area (Å²) in [4.78, 5) is 40.5. The average molecular weight is 478 g/mol. The molecule has 170 valence electrons. The highest BCUT2D eigenvalue weighted by Crippen LogP contribution is 2.28. The number of nitrogens with zero attached hydrogens (tertiary/aromatic N) is 1.